The Morgan fingerprint density at radius 2 is 1.79 bits per heavy atom. The summed E-state index contributed by atoms with van der Waals surface area (Å²) in [6.07, 6.45) is -2.40. The van der Waals surface area contributed by atoms with Gasteiger partial charge in [-0.3, -0.25) is 0 Å². The van der Waals surface area contributed by atoms with Crippen LogP contribution in [0.25, 0.3) is 0 Å². The molecule has 1 fully saturated rings. The van der Waals surface area contributed by atoms with Crippen molar-refractivity contribution in [2.75, 3.05) is 5.32 Å². The van der Waals surface area contributed by atoms with Crippen molar-refractivity contribution in [3.8, 4) is 0 Å². The van der Waals surface area contributed by atoms with Gasteiger partial charge in [0.15, 0.2) is 0 Å². The van der Waals surface area contributed by atoms with Crippen LogP contribution in [-0.4, -0.2) is 12.2 Å². The molecule has 1 aromatic carbocycles. The summed E-state index contributed by atoms with van der Waals surface area (Å²) >= 11 is 3.43. The minimum Gasteiger partial charge on any atom is -0.382 e. The van der Waals surface area contributed by atoms with Crippen LogP contribution < -0.4 is 5.32 Å². The van der Waals surface area contributed by atoms with Crippen LogP contribution in [0, 0.1) is 12.8 Å². The maximum atomic E-state index is 12.6. The van der Waals surface area contributed by atoms with Gasteiger partial charge >= 0.3 is 6.18 Å². The Morgan fingerprint density at radius 1 is 1.16 bits per heavy atom. The molecule has 1 N–H and O–H groups in total. The topological polar surface area (TPSA) is 12.0 Å². The molecular weight excluding hydrogens is 319 g/mol. The molecule has 0 atom stereocenters. The van der Waals surface area contributed by atoms with Gasteiger partial charge in [-0.25, -0.2) is 0 Å². The van der Waals surface area contributed by atoms with Crippen molar-refractivity contribution in [2.45, 2.75) is 44.8 Å². The van der Waals surface area contributed by atoms with Crippen LogP contribution in [0.2, 0.25) is 0 Å². The van der Waals surface area contributed by atoms with E-state index >= 15 is 0 Å². The SMILES string of the molecule is Cc1cc(NC2CCC(C(F)(F)F)CC2)ccc1Br. The Bertz CT molecular complexity index is 437. The van der Waals surface area contributed by atoms with E-state index in [9.17, 15) is 13.2 Å². The second-order valence-electron chi connectivity index (χ2n) is 5.20. The molecule has 19 heavy (non-hydrogen) atoms. The standard InChI is InChI=1S/C14H17BrF3N/c1-9-8-12(6-7-13(9)15)19-11-4-2-10(3-5-11)14(16,17)18/h6-8,10-11,19H,2-5H2,1H3. The summed E-state index contributed by atoms with van der Waals surface area (Å²) < 4.78 is 38.7. The molecule has 0 amide bonds. The van der Waals surface area contributed by atoms with Gasteiger partial charge in [0.1, 0.15) is 0 Å². The fraction of sp³-hybridized carbons (Fsp3) is 0.571. The Hall–Kier alpha value is -0.710. The highest BCUT2D eigenvalue weighted by atomic mass is 79.9. The maximum absolute atomic E-state index is 12.6. The predicted molar refractivity (Wildman–Crippen MR) is 74.3 cm³/mol. The van der Waals surface area contributed by atoms with Crippen LogP contribution in [0.4, 0.5) is 18.9 Å². The lowest BCUT2D eigenvalue weighted by Gasteiger charge is -2.31. The fourth-order valence-electron chi connectivity index (χ4n) is 2.54. The summed E-state index contributed by atoms with van der Waals surface area (Å²) in [5.74, 6) is -1.11. The van der Waals surface area contributed by atoms with E-state index in [1.54, 1.807) is 0 Å². The van der Waals surface area contributed by atoms with Gasteiger partial charge in [-0.15, -0.1) is 0 Å². The second-order valence-corrected chi connectivity index (χ2v) is 6.05. The average Bonchev–Trinajstić information content (AvgIpc) is 2.33. The highest BCUT2D eigenvalue weighted by molar-refractivity contribution is 9.10. The zero-order valence-corrected chi connectivity index (χ0v) is 12.3. The van der Waals surface area contributed by atoms with Crippen molar-refractivity contribution < 1.29 is 13.2 Å². The van der Waals surface area contributed by atoms with Gasteiger partial charge in [-0.05, 0) is 56.4 Å². The van der Waals surface area contributed by atoms with Gasteiger partial charge in [-0.1, -0.05) is 15.9 Å². The molecule has 1 aromatic rings. The van der Waals surface area contributed by atoms with Gasteiger partial charge < -0.3 is 5.32 Å². The monoisotopic (exact) mass is 335 g/mol. The van der Waals surface area contributed by atoms with E-state index in [0.717, 1.165) is 15.7 Å². The normalized spacial score (nSPS) is 24.3. The van der Waals surface area contributed by atoms with E-state index in [2.05, 4.69) is 21.2 Å². The smallest absolute Gasteiger partial charge is 0.382 e. The van der Waals surface area contributed by atoms with E-state index in [1.165, 1.54) is 0 Å². The molecule has 0 spiro atoms. The van der Waals surface area contributed by atoms with E-state index in [-0.39, 0.29) is 18.9 Å². The zero-order chi connectivity index (χ0) is 14.0. The first kappa shape index (κ1) is 14.7. The summed E-state index contributed by atoms with van der Waals surface area (Å²) in [6.45, 7) is 2.00. The van der Waals surface area contributed by atoms with Crippen molar-refractivity contribution in [2.24, 2.45) is 5.92 Å². The highest BCUT2D eigenvalue weighted by Gasteiger charge is 2.41. The molecule has 1 aliphatic rings. The zero-order valence-electron chi connectivity index (χ0n) is 10.7. The predicted octanol–water partition coefficient (Wildman–Crippen LogP) is 5.29. The van der Waals surface area contributed by atoms with Crippen LogP contribution in [0.5, 0.6) is 0 Å². The average molecular weight is 336 g/mol. The number of hydrogen-bond acceptors (Lipinski definition) is 1. The van der Waals surface area contributed by atoms with Crippen molar-refractivity contribution in [3.63, 3.8) is 0 Å². The molecule has 0 saturated heterocycles. The number of aryl methyl sites for hydroxylation is 1. The first-order chi connectivity index (χ1) is 8.86. The molecule has 1 saturated carbocycles. The first-order valence-corrected chi connectivity index (χ1v) is 7.25. The van der Waals surface area contributed by atoms with Crippen molar-refractivity contribution >= 4 is 21.6 Å². The molecule has 1 nitrogen and oxygen atoms in total. The Kier molecular flexibility index (Phi) is 4.43. The lowest BCUT2D eigenvalue weighted by atomic mass is 9.85. The molecular formula is C14H17BrF3N. The lowest BCUT2D eigenvalue weighted by molar-refractivity contribution is -0.182. The molecule has 0 bridgehead atoms. The van der Waals surface area contributed by atoms with Gasteiger partial charge in [0.25, 0.3) is 0 Å². The van der Waals surface area contributed by atoms with Gasteiger partial charge in [-0.2, -0.15) is 13.2 Å². The third-order valence-electron chi connectivity index (χ3n) is 3.72. The summed E-state index contributed by atoms with van der Waals surface area (Å²) in [4.78, 5) is 0. The first-order valence-electron chi connectivity index (χ1n) is 6.45. The molecule has 5 heteroatoms. The quantitative estimate of drug-likeness (QED) is 0.774. The lowest BCUT2D eigenvalue weighted by Crippen LogP contribution is -2.32. The number of alkyl halides is 3. The molecule has 1 aliphatic carbocycles. The molecule has 0 heterocycles. The maximum Gasteiger partial charge on any atom is 0.391 e. The number of benzene rings is 1. The molecule has 0 aromatic heterocycles. The van der Waals surface area contributed by atoms with E-state index in [1.807, 2.05) is 25.1 Å². The Morgan fingerprint density at radius 3 is 2.32 bits per heavy atom. The van der Waals surface area contributed by atoms with Crippen LogP contribution >= 0.6 is 15.9 Å². The molecule has 0 aliphatic heterocycles. The Labute approximate surface area is 119 Å². The molecule has 106 valence electrons. The van der Waals surface area contributed by atoms with Crippen LogP contribution in [0.15, 0.2) is 22.7 Å². The minimum atomic E-state index is -4.03. The highest BCUT2D eigenvalue weighted by Crippen LogP contribution is 2.38. The minimum absolute atomic E-state index is 0.152. The van der Waals surface area contributed by atoms with E-state index < -0.39 is 12.1 Å². The van der Waals surface area contributed by atoms with Crippen molar-refractivity contribution in [3.05, 3.63) is 28.2 Å². The summed E-state index contributed by atoms with van der Waals surface area (Å²) in [5, 5.41) is 3.33. The summed E-state index contributed by atoms with van der Waals surface area (Å²) in [5.41, 5.74) is 2.10. The number of rotatable bonds is 2. The van der Waals surface area contributed by atoms with Crippen LogP contribution in [0.3, 0.4) is 0 Å². The summed E-state index contributed by atoms with van der Waals surface area (Å²) in [6, 6.07) is 6.07. The van der Waals surface area contributed by atoms with Crippen LogP contribution in [-0.2, 0) is 0 Å². The Balaban J connectivity index is 1.90. The molecule has 0 radical (unpaired) electrons. The van der Waals surface area contributed by atoms with E-state index in [4.69, 9.17) is 0 Å². The summed E-state index contributed by atoms with van der Waals surface area (Å²) in [7, 11) is 0. The fourth-order valence-corrected chi connectivity index (χ4v) is 2.78. The second kappa shape index (κ2) is 5.73. The third kappa shape index (κ3) is 3.88. The van der Waals surface area contributed by atoms with Gasteiger partial charge in [0.05, 0.1) is 5.92 Å². The largest absolute Gasteiger partial charge is 0.391 e. The molecule has 2 rings (SSSR count). The number of anilines is 1. The van der Waals surface area contributed by atoms with E-state index in [0.29, 0.717) is 12.8 Å². The number of halogens is 4. The third-order valence-corrected chi connectivity index (χ3v) is 4.61. The van der Waals surface area contributed by atoms with Gasteiger partial charge in [0, 0.05) is 16.2 Å². The number of hydrogen-bond donors (Lipinski definition) is 1. The molecule has 0 unspecified atom stereocenters. The number of nitrogens with one attached hydrogen (secondary N) is 1. The van der Waals surface area contributed by atoms with Crippen molar-refractivity contribution in [1.82, 2.24) is 0 Å². The van der Waals surface area contributed by atoms with Crippen molar-refractivity contribution in [1.29, 1.82) is 0 Å². The van der Waals surface area contributed by atoms with Crippen LogP contribution in [0.1, 0.15) is 31.2 Å². The van der Waals surface area contributed by atoms with Gasteiger partial charge in [0.2, 0.25) is 0 Å².